The SMILES string of the molecule is CC(C)(C)[Si](C)(C)OCC(O)c1ccc(Br)cn1.COCOC(CO[Si](C)(C)C(C)(C)C)c1ccc(Br)cn1. The summed E-state index contributed by atoms with van der Waals surface area (Å²) in [4.78, 5) is 8.58. The summed E-state index contributed by atoms with van der Waals surface area (Å²) in [6.45, 7) is 23.1. The molecule has 11 heteroatoms. The monoisotopic (exact) mass is 706 g/mol. The van der Waals surface area contributed by atoms with Crippen molar-refractivity contribution in [2.24, 2.45) is 0 Å². The molecule has 0 fully saturated rings. The summed E-state index contributed by atoms with van der Waals surface area (Å²) in [5.74, 6) is 0. The van der Waals surface area contributed by atoms with Gasteiger partial charge in [-0.15, -0.1) is 0 Å². The van der Waals surface area contributed by atoms with Gasteiger partial charge in [-0.1, -0.05) is 41.5 Å². The fraction of sp³-hybridized carbons (Fsp3) is 0.643. The number of pyridine rings is 2. The van der Waals surface area contributed by atoms with Crippen LogP contribution in [-0.4, -0.2) is 58.8 Å². The van der Waals surface area contributed by atoms with Crippen molar-refractivity contribution < 1.29 is 23.4 Å². The summed E-state index contributed by atoms with van der Waals surface area (Å²) in [5, 5.41) is 10.4. The zero-order chi connectivity index (χ0) is 30.1. The van der Waals surface area contributed by atoms with Gasteiger partial charge in [-0.05, 0) is 92.4 Å². The molecule has 2 atom stereocenters. The molecule has 2 unspecified atom stereocenters. The van der Waals surface area contributed by atoms with Gasteiger partial charge in [0.2, 0.25) is 0 Å². The molecular formula is C28H48Br2N2O5Si2. The van der Waals surface area contributed by atoms with Crippen molar-refractivity contribution in [3.63, 3.8) is 0 Å². The molecule has 39 heavy (non-hydrogen) atoms. The molecule has 2 heterocycles. The minimum atomic E-state index is -1.81. The second-order valence-electron chi connectivity index (χ2n) is 12.5. The molecule has 2 aromatic heterocycles. The van der Waals surface area contributed by atoms with Crippen LogP contribution in [0.3, 0.4) is 0 Å². The third-order valence-corrected chi connectivity index (χ3v) is 17.3. The van der Waals surface area contributed by atoms with Crippen molar-refractivity contribution in [3.05, 3.63) is 57.0 Å². The van der Waals surface area contributed by atoms with Crippen LogP contribution in [0, 0.1) is 0 Å². The Balaban J connectivity index is 0.000000395. The van der Waals surface area contributed by atoms with E-state index in [1.165, 1.54) is 0 Å². The summed E-state index contributed by atoms with van der Waals surface area (Å²) < 4.78 is 24.8. The zero-order valence-corrected chi connectivity index (χ0v) is 30.6. The van der Waals surface area contributed by atoms with Gasteiger partial charge in [0.05, 0.1) is 24.6 Å². The molecule has 2 aromatic rings. The van der Waals surface area contributed by atoms with Crippen molar-refractivity contribution in [2.75, 3.05) is 27.1 Å². The Morgan fingerprint density at radius 1 is 0.769 bits per heavy atom. The molecule has 2 rings (SSSR count). The Labute approximate surface area is 254 Å². The fourth-order valence-corrected chi connectivity index (χ4v) is 5.10. The third kappa shape index (κ3) is 12.5. The molecule has 0 saturated heterocycles. The molecule has 7 nitrogen and oxygen atoms in total. The highest BCUT2D eigenvalue weighted by atomic mass is 79.9. The first-order valence-electron chi connectivity index (χ1n) is 13.1. The molecule has 0 radical (unpaired) electrons. The highest BCUT2D eigenvalue weighted by Gasteiger charge is 2.38. The lowest BCUT2D eigenvalue weighted by Crippen LogP contribution is -2.42. The Morgan fingerprint density at radius 2 is 1.21 bits per heavy atom. The molecule has 0 aliphatic carbocycles. The van der Waals surface area contributed by atoms with Gasteiger partial charge in [-0.2, -0.15) is 0 Å². The first kappa shape index (κ1) is 36.5. The minimum Gasteiger partial charge on any atom is -0.414 e. The quantitative estimate of drug-likeness (QED) is 0.185. The number of methoxy groups -OCH3 is 1. The summed E-state index contributed by atoms with van der Waals surface area (Å²) >= 11 is 6.71. The Morgan fingerprint density at radius 3 is 1.59 bits per heavy atom. The highest BCUT2D eigenvalue weighted by molar-refractivity contribution is 9.10. The Bertz CT molecular complexity index is 979. The van der Waals surface area contributed by atoms with Crippen LogP contribution in [0.25, 0.3) is 0 Å². The van der Waals surface area contributed by atoms with Gasteiger partial charge in [0, 0.05) is 28.4 Å². The number of rotatable bonds is 11. The van der Waals surface area contributed by atoms with Gasteiger partial charge >= 0.3 is 0 Å². The molecule has 0 aromatic carbocycles. The smallest absolute Gasteiger partial charge is 0.192 e. The maximum atomic E-state index is 10.1. The number of aliphatic hydroxyl groups excluding tert-OH is 1. The van der Waals surface area contributed by atoms with Gasteiger partial charge in [-0.3, -0.25) is 9.97 Å². The maximum absolute atomic E-state index is 10.1. The minimum absolute atomic E-state index is 0.153. The molecule has 0 spiro atoms. The zero-order valence-electron chi connectivity index (χ0n) is 25.5. The van der Waals surface area contributed by atoms with E-state index in [2.05, 4.69) is 110 Å². The highest BCUT2D eigenvalue weighted by Crippen LogP contribution is 2.38. The fourth-order valence-electron chi connectivity index (χ4n) is 2.62. The molecule has 0 aliphatic rings. The van der Waals surface area contributed by atoms with Crippen molar-refractivity contribution in [1.29, 1.82) is 0 Å². The molecule has 0 saturated carbocycles. The van der Waals surface area contributed by atoms with Gasteiger partial charge in [-0.25, -0.2) is 0 Å². The number of halogens is 2. The molecule has 222 valence electrons. The van der Waals surface area contributed by atoms with Crippen LogP contribution in [0.5, 0.6) is 0 Å². The summed E-state index contributed by atoms with van der Waals surface area (Å²) in [7, 11) is -2.01. The summed E-state index contributed by atoms with van der Waals surface area (Å²) in [6, 6.07) is 7.58. The van der Waals surface area contributed by atoms with Gasteiger partial charge in [0.25, 0.3) is 0 Å². The molecule has 1 N–H and O–H groups in total. The lowest BCUT2D eigenvalue weighted by molar-refractivity contribution is -0.0885. The van der Waals surface area contributed by atoms with Crippen LogP contribution < -0.4 is 0 Å². The van der Waals surface area contributed by atoms with E-state index in [1.807, 2.05) is 24.3 Å². The molecule has 0 amide bonds. The predicted octanol–water partition coefficient (Wildman–Crippen LogP) is 8.43. The first-order valence-corrected chi connectivity index (χ1v) is 20.5. The van der Waals surface area contributed by atoms with Gasteiger partial charge in [0.15, 0.2) is 16.6 Å². The van der Waals surface area contributed by atoms with Crippen LogP contribution >= 0.6 is 31.9 Å². The standard InChI is InChI=1S/C15H26BrNO3Si.C13H22BrNO2Si/c1-15(2,3)21(5,6)20-10-14(19-11-18-4)13-8-7-12(16)9-17-13;1-13(2,3)18(4,5)17-9-12(16)11-7-6-10(14)8-15-11/h7-9,14H,10-11H2,1-6H3;6-8,12,16H,9H2,1-5H3. The normalized spacial score (nSPS) is 14.4. The molecule has 0 bridgehead atoms. The number of aliphatic hydroxyl groups is 1. The second-order valence-corrected chi connectivity index (χ2v) is 24.0. The van der Waals surface area contributed by atoms with E-state index < -0.39 is 22.7 Å². The van der Waals surface area contributed by atoms with Crippen LogP contribution in [-0.2, 0) is 18.3 Å². The van der Waals surface area contributed by atoms with E-state index >= 15 is 0 Å². The van der Waals surface area contributed by atoms with Crippen molar-refractivity contribution in [1.82, 2.24) is 9.97 Å². The van der Waals surface area contributed by atoms with Crippen molar-refractivity contribution in [3.8, 4) is 0 Å². The van der Waals surface area contributed by atoms with E-state index in [4.69, 9.17) is 18.3 Å². The van der Waals surface area contributed by atoms with E-state index in [-0.39, 0.29) is 23.0 Å². The largest absolute Gasteiger partial charge is 0.414 e. The van der Waals surface area contributed by atoms with Gasteiger partial charge in [0.1, 0.15) is 19.0 Å². The summed E-state index contributed by atoms with van der Waals surface area (Å²) in [5.41, 5.74) is 1.51. The number of aromatic nitrogens is 2. The topological polar surface area (TPSA) is 82.9 Å². The Hall–Kier alpha value is -0.506. The molecular weight excluding hydrogens is 660 g/mol. The van der Waals surface area contributed by atoms with E-state index in [0.717, 1.165) is 14.6 Å². The van der Waals surface area contributed by atoms with Crippen LogP contribution in [0.4, 0.5) is 0 Å². The lowest BCUT2D eigenvalue weighted by atomic mass is 10.2. The average molecular weight is 709 g/mol. The Kier molecular flexibility index (Phi) is 14.7. The predicted molar refractivity (Wildman–Crippen MR) is 171 cm³/mol. The van der Waals surface area contributed by atoms with E-state index in [9.17, 15) is 5.11 Å². The van der Waals surface area contributed by atoms with Crippen LogP contribution in [0.15, 0.2) is 45.6 Å². The lowest BCUT2D eigenvalue weighted by Gasteiger charge is -2.37. The number of nitrogens with zero attached hydrogens (tertiary/aromatic N) is 2. The number of ether oxygens (including phenoxy) is 2. The average Bonchev–Trinajstić information content (AvgIpc) is 2.83. The van der Waals surface area contributed by atoms with Crippen molar-refractivity contribution >= 4 is 48.5 Å². The molecule has 0 aliphatic heterocycles. The van der Waals surface area contributed by atoms with E-state index in [0.29, 0.717) is 18.9 Å². The summed E-state index contributed by atoms with van der Waals surface area (Å²) in [6.07, 6.45) is 2.58. The third-order valence-electron chi connectivity index (χ3n) is 7.37. The second kappa shape index (κ2) is 15.6. The number of hydrogen-bond donors (Lipinski definition) is 1. The van der Waals surface area contributed by atoms with Crippen LogP contribution in [0.1, 0.15) is 65.1 Å². The maximum Gasteiger partial charge on any atom is 0.192 e. The first-order chi connectivity index (χ1) is 17.8. The van der Waals surface area contributed by atoms with E-state index in [1.54, 1.807) is 19.5 Å². The van der Waals surface area contributed by atoms with Gasteiger partial charge < -0.3 is 23.4 Å². The van der Waals surface area contributed by atoms with Crippen LogP contribution in [0.2, 0.25) is 36.3 Å². The number of hydrogen-bond acceptors (Lipinski definition) is 7. The van der Waals surface area contributed by atoms with Crippen molar-refractivity contribution in [2.45, 2.75) is 90.0 Å².